The van der Waals surface area contributed by atoms with E-state index in [1.165, 1.54) is 24.3 Å². The third kappa shape index (κ3) is 3.79. The Morgan fingerprint density at radius 2 is 1.72 bits per heavy atom. The van der Waals surface area contributed by atoms with E-state index in [0.29, 0.717) is 31.5 Å². The minimum absolute atomic E-state index is 0.0424. The zero-order valence-corrected chi connectivity index (χ0v) is 13.5. The third-order valence-corrected chi connectivity index (χ3v) is 4.67. The van der Waals surface area contributed by atoms with Crippen molar-refractivity contribution in [1.82, 2.24) is 4.90 Å². The molecule has 0 aromatic heterocycles. The van der Waals surface area contributed by atoms with Crippen LogP contribution in [0.4, 0.5) is 8.78 Å². The molecule has 1 amide bonds. The molecule has 2 aromatic rings. The molecule has 1 atom stereocenters. The largest absolute Gasteiger partial charge is 0.508 e. The van der Waals surface area contributed by atoms with E-state index < -0.39 is 17.8 Å². The number of amides is 1. The van der Waals surface area contributed by atoms with Gasteiger partial charge in [0.1, 0.15) is 17.4 Å². The van der Waals surface area contributed by atoms with E-state index in [2.05, 4.69) is 0 Å². The van der Waals surface area contributed by atoms with Crippen molar-refractivity contribution in [2.45, 2.75) is 18.9 Å². The van der Waals surface area contributed by atoms with Crippen LogP contribution in [0.3, 0.4) is 0 Å². The number of carbonyl (C=O) groups excluding carboxylic acids is 1. The summed E-state index contributed by atoms with van der Waals surface area (Å²) in [5.41, 5.74) is 0.575. The van der Waals surface area contributed by atoms with E-state index in [0.717, 1.165) is 6.07 Å². The van der Waals surface area contributed by atoms with E-state index in [1.54, 1.807) is 17.0 Å². The first-order valence-electron chi connectivity index (χ1n) is 8.17. The van der Waals surface area contributed by atoms with Gasteiger partial charge < -0.3 is 15.1 Å². The zero-order valence-electron chi connectivity index (χ0n) is 13.5. The van der Waals surface area contributed by atoms with Crippen LogP contribution in [0.15, 0.2) is 42.5 Å². The number of rotatable bonds is 3. The van der Waals surface area contributed by atoms with E-state index in [-0.39, 0.29) is 23.0 Å². The summed E-state index contributed by atoms with van der Waals surface area (Å²) < 4.78 is 26.8. The predicted molar refractivity (Wildman–Crippen MR) is 88.1 cm³/mol. The Balaban J connectivity index is 1.63. The lowest BCUT2D eigenvalue weighted by atomic mass is 9.87. The van der Waals surface area contributed by atoms with E-state index in [4.69, 9.17) is 0 Å². The average Bonchev–Trinajstić information content (AvgIpc) is 2.61. The number of phenolic OH excluding ortho intramolecular Hbond substituents is 1. The van der Waals surface area contributed by atoms with E-state index in [9.17, 15) is 23.8 Å². The first kappa shape index (κ1) is 17.4. The van der Waals surface area contributed by atoms with Gasteiger partial charge in [-0.2, -0.15) is 0 Å². The lowest BCUT2D eigenvalue weighted by Crippen LogP contribution is -2.40. The van der Waals surface area contributed by atoms with Crippen molar-refractivity contribution in [3.63, 3.8) is 0 Å². The number of hydrogen-bond donors (Lipinski definition) is 2. The van der Waals surface area contributed by atoms with Gasteiger partial charge in [-0.1, -0.05) is 12.1 Å². The maximum Gasteiger partial charge on any atom is 0.256 e. The number of benzene rings is 2. The molecule has 132 valence electrons. The Kier molecular flexibility index (Phi) is 4.99. The fourth-order valence-corrected chi connectivity index (χ4v) is 3.20. The van der Waals surface area contributed by atoms with Crippen molar-refractivity contribution >= 4 is 5.91 Å². The smallest absolute Gasteiger partial charge is 0.256 e. The molecule has 1 fully saturated rings. The summed E-state index contributed by atoms with van der Waals surface area (Å²) in [6.45, 7) is 0.810. The number of aliphatic hydroxyl groups is 1. The first-order chi connectivity index (χ1) is 12.0. The van der Waals surface area contributed by atoms with Gasteiger partial charge in [-0.05, 0) is 48.6 Å². The second kappa shape index (κ2) is 7.19. The number of aliphatic hydroxyl groups excluding tert-OH is 1. The van der Waals surface area contributed by atoms with Crippen LogP contribution in [0.25, 0.3) is 0 Å². The number of halogens is 2. The van der Waals surface area contributed by atoms with Gasteiger partial charge in [0.25, 0.3) is 5.91 Å². The molecular formula is C19H19F2NO3. The van der Waals surface area contributed by atoms with Crippen LogP contribution < -0.4 is 0 Å². The van der Waals surface area contributed by atoms with Gasteiger partial charge in [0.15, 0.2) is 0 Å². The standard InChI is InChI=1S/C19H19F2NO3/c20-14-3-1-12(2-4-14)18(24)13-7-9-22(10-8-13)19(25)16-6-5-15(23)11-17(16)21/h1-6,11,13,18,23-24H,7-10H2. The Labute approximate surface area is 144 Å². The van der Waals surface area contributed by atoms with Crippen LogP contribution in [0.2, 0.25) is 0 Å². The molecule has 25 heavy (non-hydrogen) atoms. The van der Waals surface area contributed by atoms with E-state index >= 15 is 0 Å². The highest BCUT2D eigenvalue weighted by molar-refractivity contribution is 5.94. The van der Waals surface area contributed by atoms with Gasteiger partial charge >= 0.3 is 0 Å². The number of nitrogens with zero attached hydrogens (tertiary/aromatic N) is 1. The maximum absolute atomic E-state index is 13.8. The number of carbonyl (C=O) groups is 1. The van der Waals surface area contributed by atoms with Crippen molar-refractivity contribution in [3.8, 4) is 5.75 Å². The normalized spacial score (nSPS) is 16.7. The van der Waals surface area contributed by atoms with Crippen molar-refractivity contribution in [3.05, 3.63) is 65.2 Å². The highest BCUT2D eigenvalue weighted by Gasteiger charge is 2.29. The minimum Gasteiger partial charge on any atom is -0.508 e. The van der Waals surface area contributed by atoms with Crippen LogP contribution in [-0.4, -0.2) is 34.1 Å². The predicted octanol–water partition coefficient (Wildman–Crippen LogP) is 3.26. The summed E-state index contributed by atoms with van der Waals surface area (Å²) in [5.74, 6) is -1.80. The van der Waals surface area contributed by atoms with Gasteiger partial charge in [0.2, 0.25) is 0 Å². The summed E-state index contributed by atoms with van der Waals surface area (Å²) in [6.07, 6.45) is 0.428. The van der Waals surface area contributed by atoms with Crippen LogP contribution in [0, 0.1) is 17.6 Å². The lowest BCUT2D eigenvalue weighted by molar-refractivity contribution is 0.0459. The molecule has 0 radical (unpaired) electrons. The van der Waals surface area contributed by atoms with Gasteiger partial charge in [-0.15, -0.1) is 0 Å². The van der Waals surface area contributed by atoms with Gasteiger partial charge in [0.05, 0.1) is 11.7 Å². The monoisotopic (exact) mass is 347 g/mol. The van der Waals surface area contributed by atoms with Crippen molar-refractivity contribution in [2.75, 3.05) is 13.1 Å². The maximum atomic E-state index is 13.8. The summed E-state index contributed by atoms with van der Waals surface area (Å²) in [5, 5.41) is 19.7. The molecule has 0 spiro atoms. The SMILES string of the molecule is O=C(c1ccc(O)cc1F)N1CCC(C(O)c2ccc(F)cc2)CC1. The quantitative estimate of drug-likeness (QED) is 0.896. The molecule has 0 aliphatic carbocycles. The first-order valence-corrected chi connectivity index (χ1v) is 8.17. The van der Waals surface area contributed by atoms with Crippen molar-refractivity contribution in [2.24, 2.45) is 5.92 Å². The molecule has 0 saturated carbocycles. The van der Waals surface area contributed by atoms with Gasteiger partial charge in [-0.3, -0.25) is 4.79 Å². The highest BCUT2D eigenvalue weighted by Crippen LogP contribution is 2.31. The van der Waals surface area contributed by atoms with Crippen molar-refractivity contribution < 1.29 is 23.8 Å². The van der Waals surface area contributed by atoms with Gasteiger partial charge in [-0.25, -0.2) is 8.78 Å². The Morgan fingerprint density at radius 1 is 1.08 bits per heavy atom. The van der Waals surface area contributed by atoms with Crippen molar-refractivity contribution in [1.29, 1.82) is 0 Å². The summed E-state index contributed by atoms with van der Waals surface area (Å²) in [7, 11) is 0. The van der Waals surface area contributed by atoms with Crippen LogP contribution in [0.5, 0.6) is 5.75 Å². The molecule has 2 N–H and O–H groups in total. The molecule has 4 nitrogen and oxygen atoms in total. The third-order valence-electron chi connectivity index (χ3n) is 4.67. The molecule has 1 heterocycles. The lowest BCUT2D eigenvalue weighted by Gasteiger charge is -2.34. The number of likely N-dealkylation sites (tertiary alicyclic amines) is 1. The fourth-order valence-electron chi connectivity index (χ4n) is 3.20. The number of aromatic hydroxyl groups is 1. The summed E-state index contributed by atoms with van der Waals surface area (Å²) in [6, 6.07) is 9.20. The Bertz CT molecular complexity index is 756. The molecule has 1 aliphatic rings. The van der Waals surface area contributed by atoms with Crippen LogP contribution in [-0.2, 0) is 0 Å². The van der Waals surface area contributed by atoms with E-state index in [1.807, 2.05) is 0 Å². The summed E-state index contributed by atoms with van der Waals surface area (Å²) in [4.78, 5) is 14.0. The van der Waals surface area contributed by atoms with Crippen LogP contribution in [0.1, 0.15) is 34.9 Å². The fraction of sp³-hybridized carbons (Fsp3) is 0.316. The molecule has 1 unspecified atom stereocenters. The molecule has 6 heteroatoms. The van der Waals surface area contributed by atoms with Crippen LogP contribution >= 0.6 is 0 Å². The second-order valence-electron chi connectivity index (χ2n) is 6.29. The molecule has 2 aromatic carbocycles. The topological polar surface area (TPSA) is 60.8 Å². The molecule has 3 rings (SSSR count). The number of hydrogen-bond acceptors (Lipinski definition) is 3. The van der Waals surface area contributed by atoms with Gasteiger partial charge in [0, 0.05) is 19.2 Å². The summed E-state index contributed by atoms with van der Waals surface area (Å²) >= 11 is 0. The molecular weight excluding hydrogens is 328 g/mol. The average molecular weight is 347 g/mol. The molecule has 0 bridgehead atoms. The zero-order chi connectivity index (χ0) is 18.0. The molecule has 1 aliphatic heterocycles. The Hall–Kier alpha value is -2.47. The highest BCUT2D eigenvalue weighted by atomic mass is 19.1. The second-order valence-corrected chi connectivity index (χ2v) is 6.29. The number of piperidine rings is 1. The Morgan fingerprint density at radius 3 is 2.32 bits per heavy atom. The molecule has 1 saturated heterocycles. The minimum atomic E-state index is -0.751. The number of phenols is 1.